The molecule has 3 atom stereocenters. The van der Waals surface area contributed by atoms with Crippen molar-refractivity contribution in [3.8, 4) is 0 Å². The third-order valence-electron chi connectivity index (χ3n) is 5.77. The van der Waals surface area contributed by atoms with E-state index >= 15 is 0 Å². The van der Waals surface area contributed by atoms with Crippen molar-refractivity contribution < 1.29 is 14.3 Å². The summed E-state index contributed by atoms with van der Waals surface area (Å²) >= 11 is 0. The van der Waals surface area contributed by atoms with Gasteiger partial charge in [0.05, 0.1) is 12.7 Å². The fraction of sp³-hybridized carbons (Fsp3) is 0.667. The Bertz CT molecular complexity index is 564. The normalized spacial score (nSPS) is 26.8. The second-order valence-corrected chi connectivity index (χ2v) is 7.37. The van der Waals surface area contributed by atoms with Gasteiger partial charge in [0.2, 0.25) is 0 Å². The van der Waals surface area contributed by atoms with Crippen molar-refractivity contribution in [1.29, 1.82) is 0 Å². The molecular weight excluding hydrogens is 314 g/mol. The zero-order valence-electron chi connectivity index (χ0n) is 15.5. The summed E-state index contributed by atoms with van der Waals surface area (Å²) in [5, 5.41) is 3.24. The molecular formula is C21H31NO3. The lowest BCUT2D eigenvalue weighted by Gasteiger charge is -2.34. The van der Waals surface area contributed by atoms with Gasteiger partial charge in [0.25, 0.3) is 5.91 Å². The minimum absolute atomic E-state index is 0.0379. The first-order chi connectivity index (χ1) is 12.2. The molecule has 2 aliphatic rings. The SMILES string of the molecule is CCC(CC)C1CC(NC(=O)c2cccc(C3CCOC3)c2)CCO1. The van der Waals surface area contributed by atoms with Crippen LogP contribution in [-0.4, -0.2) is 37.9 Å². The Labute approximate surface area is 151 Å². The van der Waals surface area contributed by atoms with E-state index in [1.165, 1.54) is 5.56 Å². The Kier molecular flexibility index (Phi) is 6.49. The molecule has 2 saturated heterocycles. The molecule has 0 radical (unpaired) electrons. The zero-order chi connectivity index (χ0) is 17.6. The van der Waals surface area contributed by atoms with Crippen LogP contribution < -0.4 is 5.32 Å². The van der Waals surface area contributed by atoms with Gasteiger partial charge < -0.3 is 14.8 Å². The second-order valence-electron chi connectivity index (χ2n) is 7.37. The molecule has 3 unspecified atom stereocenters. The molecule has 0 aliphatic carbocycles. The lowest BCUT2D eigenvalue weighted by Crippen LogP contribution is -2.44. The Morgan fingerprint density at radius 1 is 1.24 bits per heavy atom. The smallest absolute Gasteiger partial charge is 0.251 e. The van der Waals surface area contributed by atoms with Gasteiger partial charge in [-0.1, -0.05) is 38.8 Å². The Morgan fingerprint density at radius 3 is 2.80 bits per heavy atom. The lowest BCUT2D eigenvalue weighted by molar-refractivity contribution is -0.0337. The number of rotatable bonds is 6. The van der Waals surface area contributed by atoms with Gasteiger partial charge >= 0.3 is 0 Å². The van der Waals surface area contributed by atoms with Crippen LogP contribution in [0.3, 0.4) is 0 Å². The molecule has 4 heteroatoms. The fourth-order valence-electron chi connectivity index (χ4n) is 4.10. The van der Waals surface area contributed by atoms with E-state index in [9.17, 15) is 4.79 Å². The molecule has 0 spiro atoms. The highest BCUT2D eigenvalue weighted by atomic mass is 16.5. The molecule has 2 fully saturated rings. The maximum Gasteiger partial charge on any atom is 0.251 e. The maximum atomic E-state index is 12.7. The van der Waals surface area contributed by atoms with Gasteiger partial charge in [-0.2, -0.15) is 0 Å². The van der Waals surface area contributed by atoms with Crippen LogP contribution in [0.15, 0.2) is 24.3 Å². The van der Waals surface area contributed by atoms with Crippen LogP contribution in [0, 0.1) is 5.92 Å². The topological polar surface area (TPSA) is 47.6 Å². The van der Waals surface area contributed by atoms with Gasteiger partial charge in [0.15, 0.2) is 0 Å². The predicted octanol–water partition coefficient (Wildman–Crippen LogP) is 3.90. The molecule has 0 saturated carbocycles. The highest BCUT2D eigenvalue weighted by Gasteiger charge is 2.28. The number of amides is 1. The first-order valence-electron chi connectivity index (χ1n) is 9.81. The van der Waals surface area contributed by atoms with E-state index < -0.39 is 0 Å². The summed E-state index contributed by atoms with van der Waals surface area (Å²) in [6.07, 6.45) is 5.41. The van der Waals surface area contributed by atoms with Crippen molar-refractivity contribution >= 4 is 5.91 Å². The van der Waals surface area contributed by atoms with Crippen LogP contribution in [0.2, 0.25) is 0 Å². The molecule has 1 amide bonds. The molecule has 4 nitrogen and oxygen atoms in total. The maximum absolute atomic E-state index is 12.7. The quantitative estimate of drug-likeness (QED) is 0.850. The number of benzene rings is 1. The third kappa shape index (κ3) is 4.62. The predicted molar refractivity (Wildman–Crippen MR) is 98.9 cm³/mol. The Morgan fingerprint density at radius 2 is 2.08 bits per heavy atom. The summed E-state index contributed by atoms with van der Waals surface area (Å²) in [5.41, 5.74) is 1.97. The van der Waals surface area contributed by atoms with Gasteiger partial charge in [-0.25, -0.2) is 0 Å². The van der Waals surface area contributed by atoms with Gasteiger partial charge in [0, 0.05) is 30.7 Å². The molecule has 3 rings (SSSR count). The molecule has 0 aromatic heterocycles. The van der Waals surface area contributed by atoms with Crippen molar-refractivity contribution in [3.05, 3.63) is 35.4 Å². The standard InChI is InChI=1S/C21H31NO3/c1-3-15(4-2)20-13-19(9-11-25-20)22-21(23)17-7-5-6-16(12-17)18-8-10-24-14-18/h5-7,12,15,18-20H,3-4,8-11,13-14H2,1-2H3,(H,22,23). The van der Waals surface area contributed by atoms with E-state index in [0.717, 1.165) is 57.5 Å². The minimum atomic E-state index is 0.0379. The van der Waals surface area contributed by atoms with E-state index in [-0.39, 0.29) is 18.1 Å². The molecule has 138 valence electrons. The largest absolute Gasteiger partial charge is 0.381 e. The van der Waals surface area contributed by atoms with Crippen LogP contribution in [0.25, 0.3) is 0 Å². The van der Waals surface area contributed by atoms with Crippen molar-refractivity contribution in [2.75, 3.05) is 19.8 Å². The minimum Gasteiger partial charge on any atom is -0.381 e. The van der Waals surface area contributed by atoms with Crippen LogP contribution in [0.4, 0.5) is 0 Å². The number of carbonyl (C=O) groups is 1. The monoisotopic (exact) mass is 345 g/mol. The average Bonchev–Trinajstić information content (AvgIpc) is 3.18. The summed E-state index contributed by atoms with van der Waals surface area (Å²) in [4.78, 5) is 12.7. The zero-order valence-corrected chi connectivity index (χ0v) is 15.5. The summed E-state index contributed by atoms with van der Waals surface area (Å²) in [7, 11) is 0. The van der Waals surface area contributed by atoms with Gasteiger partial charge in [-0.05, 0) is 42.9 Å². The molecule has 1 aromatic carbocycles. The van der Waals surface area contributed by atoms with Crippen LogP contribution in [0.1, 0.15) is 67.8 Å². The van der Waals surface area contributed by atoms with Crippen LogP contribution in [0.5, 0.6) is 0 Å². The first-order valence-corrected chi connectivity index (χ1v) is 9.81. The third-order valence-corrected chi connectivity index (χ3v) is 5.77. The number of ether oxygens (including phenoxy) is 2. The van der Waals surface area contributed by atoms with Gasteiger partial charge in [0.1, 0.15) is 0 Å². The van der Waals surface area contributed by atoms with Crippen molar-refractivity contribution in [2.45, 2.75) is 64.0 Å². The van der Waals surface area contributed by atoms with E-state index in [2.05, 4.69) is 25.2 Å². The number of nitrogens with one attached hydrogen (secondary N) is 1. The summed E-state index contributed by atoms with van der Waals surface area (Å²) in [6, 6.07) is 8.25. The highest BCUT2D eigenvalue weighted by molar-refractivity contribution is 5.94. The van der Waals surface area contributed by atoms with E-state index in [1.54, 1.807) is 0 Å². The molecule has 1 aromatic rings. The average molecular weight is 345 g/mol. The van der Waals surface area contributed by atoms with Crippen molar-refractivity contribution in [1.82, 2.24) is 5.32 Å². The van der Waals surface area contributed by atoms with Crippen LogP contribution in [-0.2, 0) is 9.47 Å². The number of hydrogen-bond acceptors (Lipinski definition) is 3. The summed E-state index contributed by atoms with van der Waals surface area (Å²) in [5.74, 6) is 1.05. The fourth-order valence-corrected chi connectivity index (χ4v) is 4.10. The van der Waals surface area contributed by atoms with Gasteiger partial charge in [-0.3, -0.25) is 4.79 Å². The molecule has 0 bridgehead atoms. The van der Waals surface area contributed by atoms with Crippen molar-refractivity contribution in [3.63, 3.8) is 0 Å². The van der Waals surface area contributed by atoms with Gasteiger partial charge in [-0.15, -0.1) is 0 Å². The second kappa shape index (κ2) is 8.81. The van der Waals surface area contributed by atoms with E-state index in [0.29, 0.717) is 11.8 Å². The molecule has 25 heavy (non-hydrogen) atoms. The summed E-state index contributed by atoms with van der Waals surface area (Å²) < 4.78 is 11.4. The Hall–Kier alpha value is -1.39. The van der Waals surface area contributed by atoms with E-state index in [1.807, 2.05) is 18.2 Å². The number of carbonyl (C=O) groups excluding carboxylic acids is 1. The summed E-state index contributed by atoms with van der Waals surface area (Å²) in [6.45, 7) is 6.77. The molecule has 2 aliphatic heterocycles. The van der Waals surface area contributed by atoms with Crippen LogP contribution >= 0.6 is 0 Å². The molecule has 2 heterocycles. The Balaban J connectivity index is 1.60. The van der Waals surface area contributed by atoms with E-state index in [4.69, 9.17) is 9.47 Å². The number of hydrogen-bond donors (Lipinski definition) is 1. The molecule has 1 N–H and O–H groups in total. The highest BCUT2D eigenvalue weighted by Crippen LogP contribution is 2.27. The lowest BCUT2D eigenvalue weighted by atomic mass is 9.89. The van der Waals surface area contributed by atoms with Crippen molar-refractivity contribution in [2.24, 2.45) is 5.92 Å². The first kappa shape index (κ1) is 18.4.